The molecule has 0 bridgehead atoms. The SMILES string of the molecule is CC12CCC(O)CC1C1CC1C1C2CCC2(C)C1C1CC1[C@@]2(O)C#CCO. The summed E-state index contributed by atoms with van der Waals surface area (Å²) in [6.45, 7) is 4.72. The van der Waals surface area contributed by atoms with Gasteiger partial charge in [0.2, 0.25) is 0 Å². The summed E-state index contributed by atoms with van der Waals surface area (Å²) in [4.78, 5) is 0. The highest BCUT2D eigenvalue weighted by molar-refractivity contribution is 5.35. The third-order valence-electron chi connectivity index (χ3n) is 10.8. The van der Waals surface area contributed by atoms with E-state index in [-0.39, 0.29) is 18.1 Å². The van der Waals surface area contributed by atoms with Crippen LogP contribution in [0.5, 0.6) is 0 Å². The van der Waals surface area contributed by atoms with Crippen LogP contribution >= 0.6 is 0 Å². The van der Waals surface area contributed by atoms with Crippen molar-refractivity contribution in [2.24, 2.45) is 58.2 Å². The predicted octanol–water partition coefficient (Wildman–Crippen LogP) is 2.83. The monoisotopic (exact) mass is 370 g/mol. The normalized spacial score (nSPS) is 64.9. The first-order chi connectivity index (χ1) is 12.8. The molecule has 0 aliphatic heterocycles. The quantitative estimate of drug-likeness (QED) is 0.575. The highest BCUT2D eigenvalue weighted by atomic mass is 16.3. The van der Waals surface area contributed by atoms with Gasteiger partial charge in [0.25, 0.3) is 0 Å². The van der Waals surface area contributed by atoms with Gasteiger partial charge < -0.3 is 15.3 Å². The molecule has 0 aromatic heterocycles. The molecule has 27 heavy (non-hydrogen) atoms. The molecule has 6 fully saturated rings. The van der Waals surface area contributed by atoms with Crippen molar-refractivity contribution in [1.29, 1.82) is 0 Å². The van der Waals surface area contributed by atoms with Crippen LogP contribution in [0.3, 0.4) is 0 Å². The summed E-state index contributed by atoms with van der Waals surface area (Å²) in [6.07, 6.45) is 7.91. The number of aliphatic hydroxyl groups is 3. The Bertz CT molecular complexity index is 738. The molecule has 6 aliphatic carbocycles. The Morgan fingerprint density at radius 1 is 0.926 bits per heavy atom. The Morgan fingerprint density at radius 3 is 2.52 bits per heavy atom. The van der Waals surface area contributed by atoms with Crippen molar-refractivity contribution < 1.29 is 15.3 Å². The van der Waals surface area contributed by atoms with Gasteiger partial charge in [-0.25, -0.2) is 0 Å². The van der Waals surface area contributed by atoms with Crippen molar-refractivity contribution >= 4 is 0 Å². The lowest BCUT2D eigenvalue weighted by molar-refractivity contribution is -0.160. The third-order valence-corrected chi connectivity index (χ3v) is 10.8. The topological polar surface area (TPSA) is 60.7 Å². The zero-order valence-electron chi connectivity index (χ0n) is 16.7. The van der Waals surface area contributed by atoms with E-state index in [0.29, 0.717) is 23.2 Å². The van der Waals surface area contributed by atoms with E-state index < -0.39 is 5.60 Å². The minimum atomic E-state index is -0.888. The van der Waals surface area contributed by atoms with E-state index in [2.05, 4.69) is 25.7 Å². The predicted molar refractivity (Wildman–Crippen MR) is 102 cm³/mol. The first-order valence-corrected chi connectivity index (χ1v) is 11.4. The molecule has 3 N–H and O–H groups in total. The molecule has 12 atom stereocenters. The van der Waals surface area contributed by atoms with Gasteiger partial charge in [-0.2, -0.15) is 0 Å². The van der Waals surface area contributed by atoms with E-state index in [0.717, 1.165) is 55.3 Å². The summed E-state index contributed by atoms with van der Waals surface area (Å²) in [5.74, 6) is 11.5. The van der Waals surface area contributed by atoms with Crippen molar-refractivity contribution in [3.8, 4) is 11.8 Å². The van der Waals surface area contributed by atoms with Gasteiger partial charge in [0, 0.05) is 11.3 Å². The second-order valence-corrected chi connectivity index (χ2v) is 11.5. The Hall–Kier alpha value is -0.560. The molecule has 148 valence electrons. The average molecular weight is 371 g/mol. The minimum absolute atomic E-state index is 0.0760. The van der Waals surface area contributed by atoms with Crippen LogP contribution in [0.4, 0.5) is 0 Å². The van der Waals surface area contributed by atoms with Gasteiger partial charge in [0.15, 0.2) is 0 Å². The molecule has 0 aromatic rings. The van der Waals surface area contributed by atoms with Gasteiger partial charge in [-0.3, -0.25) is 0 Å². The first-order valence-electron chi connectivity index (χ1n) is 11.4. The van der Waals surface area contributed by atoms with E-state index in [4.69, 9.17) is 0 Å². The van der Waals surface area contributed by atoms with Gasteiger partial charge >= 0.3 is 0 Å². The lowest BCUT2D eigenvalue weighted by atomic mass is 9.43. The van der Waals surface area contributed by atoms with Crippen molar-refractivity contribution in [3.63, 3.8) is 0 Å². The molecular formula is C24H34O3. The van der Waals surface area contributed by atoms with Crippen LogP contribution in [0.25, 0.3) is 0 Å². The largest absolute Gasteiger partial charge is 0.393 e. The highest BCUT2D eigenvalue weighted by Gasteiger charge is 2.79. The van der Waals surface area contributed by atoms with Crippen LogP contribution < -0.4 is 0 Å². The van der Waals surface area contributed by atoms with E-state index in [9.17, 15) is 15.3 Å². The molecule has 6 saturated carbocycles. The molecule has 0 radical (unpaired) electrons. The Balaban J connectivity index is 1.40. The maximum atomic E-state index is 11.7. The molecule has 0 amide bonds. The van der Waals surface area contributed by atoms with Crippen LogP contribution in [-0.4, -0.2) is 33.6 Å². The van der Waals surface area contributed by atoms with Crippen LogP contribution in [0, 0.1) is 70.0 Å². The average Bonchev–Trinajstić information content (AvgIpc) is 3.53. The summed E-state index contributed by atoms with van der Waals surface area (Å²) in [5.41, 5.74) is -0.597. The Kier molecular flexibility index (Phi) is 3.29. The number of fused-ring (bicyclic) bond motifs is 10. The molecule has 0 saturated heterocycles. The fourth-order valence-electron chi connectivity index (χ4n) is 9.56. The summed E-state index contributed by atoms with van der Waals surface area (Å²) < 4.78 is 0. The fraction of sp³-hybridized carbons (Fsp3) is 0.917. The summed E-state index contributed by atoms with van der Waals surface area (Å²) in [5, 5.41) is 31.2. The molecular weight excluding hydrogens is 336 g/mol. The van der Waals surface area contributed by atoms with Crippen LogP contribution in [0.1, 0.15) is 58.8 Å². The van der Waals surface area contributed by atoms with E-state index >= 15 is 0 Å². The van der Waals surface area contributed by atoms with Gasteiger partial charge in [0.05, 0.1) is 6.10 Å². The van der Waals surface area contributed by atoms with Gasteiger partial charge in [0.1, 0.15) is 12.2 Å². The number of rotatable bonds is 0. The first kappa shape index (κ1) is 17.3. The van der Waals surface area contributed by atoms with Gasteiger partial charge in [-0.15, -0.1) is 0 Å². The Labute approximate surface area is 162 Å². The number of hydrogen-bond acceptors (Lipinski definition) is 3. The lowest BCUT2D eigenvalue weighted by Crippen LogP contribution is -2.59. The molecule has 11 unspecified atom stereocenters. The van der Waals surface area contributed by atoms with E-state index in [1.54, 1.807) is 0 Å². The maximum absolute atomic E-state index is 11.7. The molecule has 6 rings (SSSR count). The van der Waals surface area contributed by atoms with E-state index in [1.165, 1.54) is 19.3 Å². The van der Waals surface area contributed by atoms with E-state index in [1.807, 2.05) is 0 Å². The fourth-order valence-corrected chi connectivity index (χ4v) is 9.56. The summed E-state index contributed by atoms with van der Waals surface area (Å²) >= 11 is 0. The second kappa shape index (κ2) is 5.13. The lowest BCUT2D eigenvalue weighted by Gasteiger charge is -2.61. The van der Waals surface area contributed by atoms with Crippen LogP contribution in [0.15, 0.2) is 0 Å². The zero-order valence-corrected chi connectivity index (χ0v) is 16.7. The summed E-state index contributed by atoms with van der Waals surface area (Å²) in [6, 6.07) is 0. The molecule has 0 spiro atoms. The van der Waals surface area contributed by atoms with Crippen molar-refractivity contribution in [2.75, 3.05) is 6.61 Å². The summed E-state index contributed by atoms with van der Waals surface area (Å²) in [7, 11) is 0. The van der Waals surface area contributed by atoms with Crippen molar-refractivity contribution in [3.05, 3.63) is 0 Å². The molecule has 6 aliphatic rings. The van der Waals surface area contributed by atoms with Gasteiger partial charge in [-0.05, 0) is 91.8 Å². The maximum Gasteiger partial charge on any atom is 0.134 e. The van der Waals surface area contributed by atoms with Crippen molar-refractivity contribution in [1.82, 2.24) is 0 Å². The van der Waals surface area contributed by atoms with Crippen LogP contribution in [-0.2, 0) is 0 Å². The standard InChI is InChI=1S/C24H34O3/c1-22-7-4-13(26)10-18(22)14-11-15(14)20-17(22)5-8-23(2)21(20)16-12-19(16)24(23,27)6-3-9-25/h13-21,25-27H,4-5,7-12H2,1-2H3/t13?,14?,15?,16?,17?,18?,19?,20?,21?,22?,23?,24-/m0/s1. The third kappa shape index (κ3) is 1.91. The van der Waals surface area contributed by atoms with Crippen LogP contribution in [0.2, 0.25) is 0 Å². The smallest absolute Gasteiger partial charge is 0.134 e. The molecule has 3 nitrogen and oxygen atoms in total. The van der Waals surface area contributed by atoms with Crippen molar-refractivity contribution in [2.45, 2.75) is 70.5 Å². The zero-order chi connectivity index (χ0) is 18.8. The molecule has 0 heterocycles. The minimum Gasteiger partial charge on any atom is -0.393 e. The Morgan fingerprint density at radius 2 is 1.74 bits per heavy atom. The second-order valence-electron chi connectivity index (χ2n) is 11.5. The molecule has 3 heteroatoms. The van der Waals surface area contributed by atoms with Gasteiger partial charge in [-0.1, -0.05) is 25.7 Å². The number of aliphatic hydroxyl groups excluding tert-OH is 2. The molecule has 0 aromatic carbocycles. The highest BCUT2D eigenvalue weighted by Crippen LogP contribution is 2.80. The number of hydrogen-bond donors (Lipinski definition) is 3.